The van der Waals surface area contributed by atoms with Crippen molar-refractivity contribution < 1.29 is 13.9 Å². The van der Waals surface area contributed by atoms with Gasteiger partial charge in [0.25, 0.3) is 0 Å². The Kier molecular flexibility index (Phi) is 5.09. The van der Waals surface area contributed by atoms with Crippen LogP contribution in [-0.2, 0) is 17.9 Å². The predicted molar refractivity (Wildman–Crippen MR) is 119 cm³/mol. The van der Waals surface area contributed by atoms with Crippen LogP contribution in [0.25, 0.3) is 22.6 Å². The summed E-state index contributed by atoms with van der Waals surface area (Å²) in [5.41, 5.74) is 10.1. The number of hydrogen-bond acceptors (Lipinski definition) is 7. The van der Waals surface area contributed by atoms with Gasteiger partial charge in [0.2, 0.25) is 5.95 Å². The van der Waals surface area contributed by atoms with Gasteiger partial charge in [0, 0.05) is 0 Å². The third-order valence-corrected chi connectivity index (χ3v) is 4.99. The van der Waals surface area contributed by atoms with Crippen LogP contribution >= 0.6 is 0 Å². The highest BCUT2D eigenvalue weighted by atomic mass is 16.5. The second-order valence-electron chi connectivity index (χ2n) is 7.21. The zero-order valence-corrected chi connectivity index (χ0v) is 17.0. The maximum absolute atomic E-state index is 12.3. The minimum atomic E-state index is -0.364. The summed E-state index contributed by atoms with van der Waals surface area (Å²) in [5, 5.41) is 0. The zero-order chi connectivity index (χ0) is 21.9. The maximum atomic E-state index is 12.3. The van der Waals surface area contributed by atoms with E-state index < -0.39 is 0 Å². The molecule has 0 fully saturated rings. The summed E-state index contributed by atoms with van der Waals surface area (Å²) in [6.45, 7) is 0.742. The zero-order valence-electron chi connectivity index (χ0n) is 17.0. The number of esters is 1. The summed E-state index contributed by atoms with van der Waals surface area (Å²) in [6, 6.07) is 20.4. The molecule has 0 saturated heterocycles. The molecule has 0 spiro atoms. The summed E-state index contributed by atoms with van der Waals surface area (Å²) in [5.74, 6) is 0.354. The van der Waals surface area contributed by atoms with Gasteiger partial charge in [-0.25, -0.2) is 14.8 Å². The van der Waals surface area contributed by atoms with Gasteiger partial charge < -0.3 is 19.5 Å². The highest BCUT2D eigenvalue weighted by Gasteiger charge is 2.16. The number of imidazole rings is 1. The highest BCUT2D eigenvalue weighted by molar-refractivity contribution is 5.89. The molecule has 2 N–H and O–H groups in total. The van der Waals surface area contributed by atoms with Crippen LogP contribution in [-0.4, -0.2) is 25.5 Å². The van der Waals surface area contributed by atoms with Gasteiger partial charge in [-0.1, -0.05) is 42.5 Å². The molecule has 32 heavy (non-hydrogen) atoms. The Balaban J connectivity index is 1.33. The first-order chi connectivity index (χ1) is 15.7. The molecule has 2 aromatic carbocycles. The van der Waals surface area contributed by atoms with Crippen LogP contribution in [0.1, 0.15) is 21.5 Å². The smallest absolute Gasteiger partial charge is 0.338 e. The number of fused-ring (bicyclic) bond motifs is 1. The van der Waals surface area contributed by atoms with E-state index in [2.05, 4.69) is 15.0 Å². The molecule has 8 heteroatoms. The first-order valence-corrected chi connectivity index (χ1v) is 9.99. The Bertz CT molecular complexity index is 1360. The van der Waals surface area contributed by atoms with E-state index in [1.807, 2.05) is 47.0 Å². The van der Waals surface area contributed by atoms with Gasteiger partial charge in [0.15, 0.2) is 11.4 Å². The number of carbonyl (C=O) groups excluding carboxylic acids is 1. The number of nitrogens with two attached hydrogens (primary N) is 1. The average molecular weight is 425 g/mol. The van der Waals surface area contributed by atoms with Crippen LogP contribution < -0.4 is 5.73 Å². The van der Waals surface area contributed by atoms with Crippen LogP contribution in [0.5, 0.6) is 0 Å². The van der Waals surface area contributed by atoms with E-state index in [1.165, 1.54) is 0 Å². The summed E-state index contributed by atoms with van der Waals surface area (Å²) < 4.78 is 12.7. The van der Waals surface area contributed by atoms with Crippen molar-refractivity contribution in [2.24, 2.45) is 0 Å². The molecule has 0 saturated carbocycles. The molecular weight excluding hydrogens is 406 g/mol. The molecule has 0 aliphatic carbocycles. The number of carbonyl (C=O) groups is 1. The van der Waals surface area contributed by atoms with Crippen molar-refractivity contribution in [1.29, 1.82) is 0 Å². The monoisotopic (exact) mass is 425 g/mol. The normalized spacial score (nSPS) is 11.0. The highest BCUT2D eigenvalue weighted by Crippen LogP contribution is 2.26. The summed E-state index contributed by atoms with van der Waals surface area (Å²) in [7, 11) is 0. The van der Waals surface area contributed by atoms with Crippen LogP contribution in [0, 0.1) is 0 Å². The van der Waals surface area contributed by atoms with E-state index in [4.69, 9.17) is 14.9 Å². The number of nitrogen functional groups attached to an aromatic ring is 1. The van der Waals surface area contributed by atoms with Crippen LogP contribution in [0.3, 0.4) is 0 Å². The van der Waals surface area contributed by atoms with Crippen LogP contribution in [0.15, 0.2) is 83.7 Å². The molecule has 5 rings (SSSR count). The quantitative estimate of drug-likeness (QED) is 0.408. The number of rotatable bonds is 6. The fourth-order valence-corrected chi connectivity index (χ4v) is 3.41. The van der Waals surface area contributed by atoms with E-state index >= 15 is 0 Å². The third kappa shape index (κ3) is 3.93. The number of furan rings is 1. The predicted octanol–water partition coefficient (Wildman–Crippen LogP) is 4.07. The van der Waals surface area contributed by atoms with Gasteiger partial charge >= 0.3 is 5.97 Å². The number of ether oxygens (including phenoxy) is 1. The Hall–Kier alpha value is -4.46. The lowest BCUT2D eigenvalue weighted by molar-refractivity contribution is 0.0472. The molecule has 0 aliphatic heterocycles. The Morgan fingerprint density at radius 1 is 0.969 bits per heavy atom. The minimum Gasteiger partial charge on any atom is -0.463 e. The summed E-state index contributed by atoms with van der Waals surface area (Å²) >= 11 is 0. The van der Waals surface area contributed by atoms with E-state index in [1.54, 1.807) is 36.9 Å². The van der Waals surface area contributed by atoms with Gasteiger partial charge in [-0.2, -0.15) is 4.98 Å². The first kappa shape index (κ1) is 19.5. The number of anilines is 1. The molecule has 0 unspecified atom stereocenters. The topological polar surface area (TPSA) is 109 Å². The standard InChI is InChI=1S/C24H19N5O3/c25-24-27-20(19-7-4-12-31-19)21-22(28-24)29(15-26-21)13-16-8-10-18(11-9-16)23(30)32-14-17-5-2-1-3-6-17/h1-12,15H,13-14H2,(H2,25,27,28). The minimum absolute atomic E-state index is 0.141. The fraction of sp³-hybridized carbons (Fsp3) is 0.0833. The van der Waals surface area contributed by atoms with E-state index in [0.717, 1.165) is 11.1 Å². The lowest BCUT2D eigenvalue weighted by Crippen LogP contribution is -2.06. The molecule has 0 amide bonds. The van der Waals surface area contributed by atoms with Crippen molar-refractivity contribution in [1.82, 2.24) is 19.5 Å². The number of hydrogen-bond donors (Lipinski definition) is 1. The van der Waals surface area contributed by atoms with Crippen molar-refractivity contribution in [3.8, 4) is 11.5 Å². The fourth-order valence-electron chi connectivity index (χ4n) is 3.41. The summed E-state index contributed by atoms with van der Waals surface area (Å²) in [6.07, 6.45) is 3.26. The van der Waals surface area contributed by atoms with Crippen molar-refractivity contribution in [3.63, 3.8) is 0 Å². The van der Waals surface area contributed by atoms with Gasteiger partial charge in [-0.05, 0) is 35.4 Å². The average Bonchev–Trinajstić information content (AvgIpc) is 3.49. The molecule has 0 bridgehead atoms. The number of benzene rings is 2. The number of nitrogens with zero attached hydrogens (tertiary/aromatic N) is 4. The molecule has 0 atom stereocenters. The molecule has 158 valence electrons. The maximum Gasteiger partial charge on any atom is 0.338 e. The molecule has 3 heterocycles. The van der Waals surface area contributed by atoms with Gasteiger partial charge in [0.1, 0.15) is 17.8 Å². The second kappa shape index (κ2) is 8.35. The Morgan fingerprint density at radius 2 is 1.78 bits per heavy atom. The Labute approximate surface area is 183 Å². The van der Waals surface area contributed by atoms with E-state index in [9.17, 15) is 4.79 Å². The van der Waals surface area contributed by atoms with Crippen molar-refractivity contribution >= 4 is 23.1 Å². The molecule has 5 aromatic rings. The van der Waals surface area contributed by atoms with Crippen LogP contribution in [0.4, 0.5) is 5.95 Å². The van der Waals surface area contributed by atoms with Crippen molar-refractivity contribution in [2.45, 2.75) is 13.2 Å². The van der Waals surface area contributed by atoms with Crippen molar-refractivity contribution in [3.05, 3.63) is 96.0 Å². The molecular formula is C24H19N5O3. The first-order valence-electron chi connectivity index (χ1n) is 9.99. The molecule has 8 nitrogen and oxygen atoms in total. The largest absolute Gasteiger partial charge is 0.463 e. The summed E-state index contributed by atoms with van der Waals surface area (Å²) in [4.78, 5) is 25.4. The van der Waals surface area contributed by atoms with Crippen LogP contribution in [0.2, 0.25) is 0 Å². The number of aromatic nitrogens is 4. The van der Waals surface area contributed by atoms with Gasteiger partial charge in [0.05, 0.1) is 24.7 Å². The lowest BCUT2D eigenvalue weighted by atomic mass is 10.1. The van der Waals surface area contributed by atoms with E-state index in [-0.39, 0.29) is 18.5 Å². The van der Waals surface area contributed by atoms with Crippen molar-refractivity contribution in [2.75, 3.05) is 5.73 Å². The third-order valence-electron chi connectivity index (χ3n) is 4.99. The molecule has 3 aromatic heterocycles. The van der Waals surface area contributed by atoms with Gasteiger partial charge in [-0.3, -0.25) is 0 Å². The Morgan fingerprint density at radius 3 is 2.53 bits per heavy atom. The second-order valence-corrected chi connectivity index (χ2v) is 7.21. The van der Waals surface area contributed by atoms with E-state index in [0.29, 0.717) is 34.7 Å². The lowest BCUT2D eigenvalue weighted by Gasteiger charge is -2.08. The SMILES string of the molecule is Nc1nc(-c2ccco2)c2ncn(Cc3ccc(C(=O)OCc4ccccc4)cc3)c2n1. The molecule has 0 aliphatic rings. The van der Waals surface area contributed by atoms with Gasteiger partial charge in [-0.15, -0.1) is 0 Å². The molecule has 0 radical (unpaired) electrons.